The third-order valence-electron chi connectivity index (χ3n) is 5.11. The highest BCUT2D eigenvalue weighted by Gasteiger charge is 2.48. The predicted molar refractivity (Wildman–Crippen MR) is 101 cm³/mol. The molecule has 1 aliphatic heterocycles. The first-order valence-corrected chi connectivity index (χ1v) is 9.35. The lowest BCUT2D eigenvalue weighted by Gasteiger charge is -2.44. The van der Waals surface area contributed by atoms with Crippen molar-refractivity contribution in [2.45, 2.75) is 50.5 Å². The smallest absolute Gasteiger partial charge is 0.308 e. The maximum absolute atomic E-state index is 12.9. The van der Waals surface area contributed by atoms with Gasteiger partial charge >= 0.3 is 5.97 Å². The number of carbonyl (C=O) groups excluding carboxylic acids is 2. The van der Waals surface area contributed by atoms with E-state index in [9.17, 15) is 19.8 Å². The zero-order valence-corrected chi connectivity index (χ0v) is 17.1. The third-order valence-corrected chi connectivity index (χ3v) is 5.11. The molecule has 1 fully saturated rings. The van der Waals surface area contributed by atoms with Crippen LogP contribution >= 0.6 is 0 Å². The summed E-state index contributed by atoms with van der Waals surface area (Å²) in [5.74, 6) is -1.76. The molecule has 0 saturated carbocycles. The van der Waals surface area contributed by atoms with Gasteiger partial charge in [-0.3, -0.25) is 14.4 Å². The molecule has 0 bridgehead atoms. The largest absolute Gasteiger partial charge is 0.469 e. The van der Waals surface area contributed by atoms with E-state index in [-0.39, 0.29) is 13.0 Å². The van der Waals surface area contributed by atoms with Gasteiger partial charge in [-0.25, -0.2) is 5.06 Å². The Morgan fingerprint density at radius 1 is 1.17 bits per heavy atom. The van der Waals surface area contributed by atoms with E-state index in [1.165, 1.54) is 21.3 Å². The van der Waals surface area contributed by atoms with Crippen molar-refractivity contribution >= 4 is 11.9 Å². The topological polar surface area (TPSA) is 115 Å². The molecule has 2 N–H and O–H groups in total. The molecule has 29 heavy (non-hydrogen) atoms. The summed E-state index contributed by atoms with van der Waals surface area (Å²) in [6.07, 6.45) is -5.87. The van der Waals surface area contributed by atoms with Crippen molar-refractivity contribution in [2.24, 2.45) is 5.92 Å². The van der Waals surface area contributed by atoms with Crippen LogP contribution in [0.15, 0.2) is 30.3 Å². The van der Waals surface area contributed by atoms with Crippen molar-refractivity contribution in [3.05, 3.63) is 35.9 Å². The SMILES string of the molecule is COC(=O)C[C@H]1O[C@@H]([C@H](OCc2ccccc2)C(=O)N(C)OC)[C@H](C)[C@@H](O)[C@@H]1O. The second kappa shape index (κ2) is 10.7. The predicted octanol–water partition coefficient (Wildman–Crippen LogP) is 0.280. The van der Waals surface area contributed by atoms with Crippen molar-refractivity contribution in [1.82, 2.24) is 5.06 Å². The quantitative estimate of drug-likeness (QED) is 0.463. The van der Waals surface area contributed by atoms with Gasteiger partial charge in [0.05, 0.1) is 45.6 Å². The molecule has 1 aromatic rings. The second-order valence-corrected chi connectivity index (χ2v) is 7.00. The Morgan fingerprint density at radius 3 is 2.41 bits per heavy atom. The monoisotopic (exact) mass is 411 g/mol. The van der Waals surface area contributed by atoms with E-state index < -0.39 is 48.3 Å². The molecule has 6 atom stereocenters. The molecule has 0 aromatic heterocycles. The molecule has 0 unspecified atom stereocenters. The van der Waals surface area contributed by atoms with Gasteiger partial charge in [-0.05, 0) is 5.56 Å². The lowest BCUT2D eigenvalue weighted by atomic mass is 9.84. The Hall–Kier alpha value is -2.04. The Kier molecular flexibility index (Phi) is 8.54. The normalized spacial score (nSPS) is 27.9. The molecule has 1 heterocycles. The number of rotatable bonds is 8. The number of hydrogen-bond donors (Lipinski definition) is 2. The van der Waals surface area contributed by atoms with Gasteiger partial charge in [0.15, 0.2) is 6.10 Å². The summed E-state index contributed by atoms with van der Waals surface area (Å²) in [6, 6.07) is 9.27. The summed E-state index contributed by atoms with van der Waals surface area (Å²) < 4.78 is 16.4. The van der Waals surface area contributed by atoms with E-state index >= 15 is 0 Å². The standard InChI is InChI=1S/C20H29NO8/c1-12-16(23)17(24)14(10-15(22)26-3)29-18(12)19(20(25)21(2)27-4)28-11-13-8-6-5-7-9-13/h5-9,12,14,16-19,23-24H,10-11H2,1-4H3/t12-,14-,16-,17-,18-,19+/m1/s1. The fourth-order valence-electron chi connectivity index (χ4n) is 3.23. The Balaban J connectivity index is 2.25. The first-order chi connectivity index (χ1) is 13.8. The molecule has 9 nitrogen and oxygen atoms in total. The minimum absolute atomic E-state index is 0.127. The van der Waals surface area contributed by atoms with Gasteiger partial charge in [0, 0.05) is 13.0 Å². The first kappa shape index (κ1) is 23.2. The van der Waals surface area contributed by atoms with Gasteiger partial charge in [0.2, 0.25) is 0 Å². The van der Waals surface area contributed by atoms with Crippen molar-refractivity contribution in [2.75, 3.05) is 21.3 Å². The molecule has 9 heteroatoms. The lowest BCUT2D eigenvalue weighted by molar-refractivity contribution is -0.238. The van der Waals surface area contributed by atoms with Crippen LogP contribution < -0.4 is 0 Å². The van der Waals surface area contributed by atoms with E-state index in [4.69, 9.17) is 14.3 Å². The third kappa shape index (κ3) is 5.74. The molecular weight excluding hydrogens is 382 g/mol. The van der Waals surface area contributed by atoms with Crippen molar-refractivity contribution in [1.29, 1.82) is 0 Å². The maximum atomic E-state index is 12.9. The summed E-state index contributed by atoms with van der Waals surface area (Å²) in [6.45, 7) is 1.77. The van der Waals surface area contributed by atoms with Crippen molar-refractivity contribution in [3.63, 3.8) is 0 Å². The van der Waals surface area contributed by atoms with Crippen LogP contribution in [0, 0.1) is 5.92 Å². The number of methoxy groups -OCH3 is 1. The maximum Gasteiger partial charge on any atom is 0.308 e. The molecule has 162 valence electrons. The number of aliphatic hydroxyl groups excluding tert-OH is 2. The van der Waals surface area contributed by atoms with E-state index in [2.05, 4.69) is 4.74 Å². The van der Waals surface area contributed by atoms with Crippen LogP contribution in [0.25, 0.3) is 0 Å². The van der Waals surface area contributed by atoms with Gasteiger partial charge in [-0.1, -0.05) is 37.3 Å². The van der Waals surface area contributed by atoms with Crippen LogP contribution in [-0.4, -0.2) is 78.9 Å². The number of hydrogen-bond acceptors (Lipinski definition) is 8. The summed E-state index contributed by atoms with van der Waals surface area (Å²) in [7, 11) is 4.00. The number of ether oxygens (including phenoxy) is 3. The minimum Gasteiger partial charge on any atom is -0.469 e. The molecule has 1 amide bonds. The molecule has 0 radical (unpaired) electrons. The van der Waals surface area contributed by atoms with Crippen LogP contribution in [0.1, 0.15) is 18.9 Å². The Morgan fingerprint density at radius 2 is 1.83 bits per heavy atom. The van der Waals surface area contributed by atoms with Gasteiger partial charge in [-0.2, -0.15) is 0 Å². The molecule has 1 aromatic carbocycles. The molecular formula is C20H29NO8. The average Bonchev–Trinajstić information content (AvgIpc) is 2.74. The van der Waals surface area contributed by atoms with Crippen molar-refractivity contribution in [3.8, 4) is 0 Å². The Labute approximate surface area is 170 Å². The summed E-state index contributed by atoms with van der Waals surface area (Å²) in [4.78, 5) is 29.5. The number of nitrogens with zero attached hydrogens (tertiary/aromatic N) is 1. The highest BCUT2D eigenvalue weighted by molar-refractivity contribution is 5.80. The van der Waals surface area contributed by atoms with E-state index in [1.807, 2.05) is 30.3 Å². The van der Waals surface area contributed by atoms with E-state index in [0.29, 0.717) is 0 Å². The van der Waals surface area contributed by atoms with Gasteiger partial charge < -0.3 is 24.4 Å². The number of likely N-dealkylation sites (N-methyl/N-ethyl adjacent to an activating group) is 1. The minimum atomic E-state index is -1.30. The number of amides is 1. The molecule has 0 aliphatic carbocycles. The second-order valence-electron chi connectivity index (χ2n) is 7.00. The van der Waals surface area contributed by atoms with Crippen LogP contribution in [0.3, 0.4) is 0 Å². The molecule has 2 rings (SSSR count). The van der Waals surface area contributed by atoms with Crippen LogP contribution in [0.5, 0.6) is 0 Å². The number of aliphatic hydroxyl groups is 2. The summed E-state index contributed by atoms with van der Waals surface area (Å²) >= 11 is 0. The Bertz CT molecular complexity index is 670. The average molecular weight is 411 g/mol. The van der Waals surface area contributed by atoms with Crippen molar-refractivity contribution < 1.29 is 38.9 Å². The van der Waals surface area contributed by atoms with Crippen LogP contribution in [0.2, 0.25) is 0 Å². The number of carbonyl (C=O) groups is 2. The molecule has 1 aliphatic rings. The zero-order valence-electron chi connectivity index (χ0n) is 17.1. The van der Waals surface area contributed by atoms with Gasteiger partial charge in [-0.15, -0.1) is 0 Å². The molecule has 0 spiro atoms. The number of benzene rings is 1. The van der Waals surface area contributed by atoms with E-state index in [1.54, 1.807) is 6.92 Å². The van der Waals surface area contributed by atoms with Crippen LogP contribution in [-0.2, 0) is 35.2 Å². The summed E-state index contributed by atoms with van der Waals surface area (Å²) in [5.41, 5.74) is 0.848. The van der Waals surface area contributed by atoms with Crippen LogP contribution in [0.4, 0.5) is 0 Å². The first-order valence-electron chi connectivity index (χ1n) is 9.35. The lowest BCUT2D eigenvalue weighted by Crippen LogP contribution is -2.60. The fourth-order valence-corrected chi connectivity index (χ4v) is 3.23. The molecule has 1 saturated heterocycles. The summed E-state index contributed by atoms with van der Waals surface area (Å²) in [5, 5.41) is 21.8. The zero-order chi connectivity index (χ0) is 21.6. The highest BCUT2D eigenvalue weighted by atomic mass is 16.7. The number of esters is 1. The fraction of sp³-hybridized carbons (Fsp3) is 0.600. The number of hydroxylamine groups is 2. The highest BCUT2D eigenvalue weighted by Crippen LogP contribution is 2.31. The van der Waals surface area contributed by atoms with Gasteiger partial charge in [0.1, 0.15) is 6.10 Å². The van der Waals surface area contributed by atoms with Gasteiger partial charge in [0.25, 0.3) is 5.91 Å². The van der Waals surface area contributed by atoms with E-state index in [0.717, 1.165) is 10.6 Å².